The number of pyridine rings is 1. The minimum Gasteiger partial charge on any atom is -0.491 e. The van der Waals surface area contributed by atoms with Crippen LogP contribution in [0.2, 0.25) is 0 Å². The number of aromatic nitrogens is 1. The van der Waals surface area contributed by atoms with Gasteiger partial charge in [0.05, 0.1) is 6.10 Å². The number of ether oxygens (including phenoxy) is 1. The van der Waals surface area contributed by atoms with Gasteiger partial charge >= 0.3 is 0 Å². The number of aryl methyl sites for hydroxylation is 1. The molecule has 0 amide bonds. The maximum Gasteiger partial charge on any atom is 0.119 e. The molecule has 1 aromatic carbocycles. The third-order valence-electron chi connectivity index (χ3n) is 4.85. The van der Waals surface area contributed by atoms with Gasteiger partial charge in [0.15, 0.2) is 0 Å². The molecule has 0 aliphatic rings. The molecular weight excluding hydrogens is 318 g/mol. The quantitative estimate of drug-likeness (QED) is 0.376. The maximum absolute atomic E-state index is 6.04. The number of nitrogens with zero attached hydrogens (tertiary/aromatic N) is 1. The van der Waals surface area contributed by atoms with Crippen molar-refractivity contribution in [3.8, 4) is 16.9 Å². The molecule has 0 bridgehead atoms. The average molecular weight is 354 g/mol. The summed E-state index contributed by atoms with van der Waals surface area (Å²) in [7, 11) is 0. The average Bonchev–Trinajstić information content (AvgIpc) is 2.67. The number of unbranched alkanes of at least 4 members (excludes halogenated alkanes) is 5. The smallest absolute Gasteiger partial charge is 0.119 e. The second kappa shape index (κ2) is 11.7. The highest BCUT2D eigenvalue weighted by Gasteiger charge is 2.05. The molecule has 0 fully saturated rings. The summed E-state index contributed by atoms with van der Waals surface area (Å²) in [6.07, 6.45) is 13.4. The van der Waals surface area contributed by atoms with Crippen molar-refractivity contribution in [2.45, 2.75) is 84.7 Å². The molecule has 2 nitrogen and oxygen atoms in total. The van der Waals surface area contributed by atoms with Crippen molar-refractivity contribution in [1.29, 1.82) is 0 Å². The fourth-order valence-corrected chi connectivity index (χ4v) is 3.18. The van der Waals surface area contributed by atoms with Gasteiger partial charge in [-0.1, -0.05) is 64.2 Å². The summed E-state index contributed by atoms with van der Waals surface area (Å²) < 4.78 is 6.04. The van der Waals surface area contributed by atoms with Crippen LogP contribution in [0, 0.1) is 0 Å². The van der Waals surface area contributed by atoms with E-state index in [1.165, 1.54) is 61.8 Å². The second-order valence-electron chi connectivity index (χ2n) is 7.30. The topological polar surface area (TPSA) is 22.1 Å². The lowest BCUT2D eigenvalue weighted by Gasteiger charge is -2.15. The summed E-state index contributed by atoms with van der Waals surface area (Å²) in [5, 5.41) is 0. The van der Waals surface area contributed by atoms with E-state index in [-0.39, 0.29) is 6.10 Å². The van der Waals surface area contributed by atoms with Crippen LogP contribution in [0.5, 0.6) is 5.75 Å². The van der Waals surface area contributed by atoms with Gasteiger partial charge < -0.3 is 4.74 Å². The highest BCUT2D eigenvalue weighted by Crippen LogP contribution is 2.23. The Balaban J connectivity index is 1.84. The summed E-state index contributed by atoms with van der Waals surface area (Å²) >= 11 is 0. The first-order chi connectivity index (χ1) is 12.7. The zero-order valence-corrected chi connectivity index (χ0v) is 16.8. The third-order valence-corrected chi connectivity index (χ3v) is 4.85. The fourth-order valence-electron chi connectivity index (χ4n) is 3.18. The van der Waals surface area contributed by atoms with Gasteiger partial charge in [-0.2, -0.15) is 0 Å². The fraction of sp³-hybridized carbons (Fsp3) is 0.542. The molecule has 26 heavy (non-hydrogen) atoms. The predicted molar refractivity (Wildman–Crippen MR) is 112 cm³/mol. The number of rotatable bonds is 12. The molecule has 1 heterocycles. The van der Waals surface area contributed by atoms with E-state index >= 15 is 0 Å². The van der Waals surface area contributed by atoms with E-state index in [4.69, 9.17) is 4.74 Å². The SMILES string of the molecule is CCCCCC[C@@H](C)Oc1ccc(-c2ccc(CCCCC)nc2)cc1. The summed E-state index contributed by atoms with van der Waals surface area (Å²) in [4.78, 5) is 4.62. The Bertz CT molecular complexity index is 603. The molecule has 2 heteroatoms. The van der Waals surface area contributed by atoms with Crippen LogP contribution in [-0.2, 0) is 6.42 Å². The summed E-state index contributed by atoms with van der Waals surface area (Å²) in [5.74, 6) is 0.959. The zero-order valence-electron chi connectivity index (χ0n) is 16.8. The molecular formula is C24H35NO. The van der Waals surface area contributed by atoms with E-state index in [2.05, 4.69) is 62.2 Å². The lowest BCUT2D eigenvalue weighted by Crippen LogP contribution is -2.11. The Morgan fingerprint density at radius 3 is 2.15 bits per heavy atom. The van der Waals surface area contributed by atoms with Gasteiger partial charge in [-0.15, -0.1) is 0 Å². The molecule has 1 atom stereocenters. The number of hydrogen-bond acceptors (Lipinski definition) is 2. The van der Waals surface area contributed by atoms with Gasteiger partial charge in [0.1, 0.15) is 5.75 Å². The first-order valence-corrected chi connectivity index (χ1v) is 10.4. The molecule has 0 aliphatic heterocycles. The molecule has 142 valence electrons. The van der Waals surface area contributed by atoms with Gasteiger partial charge in [0.2, 0.25) is 0 Å². The van der Waals surface area contributed by atoms with Crippen LogP contribution in [-0.4, -0.2) is 11.1 Å². The third kappa shape index (κ3) is 7.19. The minimum atomic E-state index is 0.279. The van der Waals surface area contributed by atoms with E-state index < -0.39 is 0 Å². The molecule has 0 unspecified atom stereocenters. The number of hydrogen-bond donors (Lipinski definition) is 0. The Morgan fingerprint density at radius 2 is 1.50 bits per heavy atom. The van der Waals surface area contributed by atoms with Gasteiger partial charge in [0, 0.05) is 17.5 Å². The molecule has 0 spiro atoms. The van der Waals surface area contributed by atoms with Crippen molar-refractivity contribution in [2.24, 2.45) is 0 Å². The predicted octanol–water partition coefficient (Wildman–Crippen LogP) is 7.22. The zero-order chi connectivity index (χ0) is 18.6. The lowest BCUT2D eigenvalue weighted by molar-refractivity contribution is 0.206. The molecule has 2 rings (SSSR count). The Kier molecular flexibility index (Phi) is 9.23. The molecule has 2 aromatic rings. The highest BCUT2D eigenvalue weighted by atomic mass is 16.5. The van der Waals surface area contributed by atoms with Gasteiger partial charge in [0.25, 0.3) is 0 Å². The van der Waals surface area contributed by atoms with Crippen molar-refractivity contribution in [3.05, 3.63) is 48.3 Å². The van der Waals surface area contributed by atoms with Crippen molar-refractivity contribution in [2.75, 3.05) is 0 Å². The van der Waals surface area contributed by atoms with Crippen molar-refractivity contribution >= 4 is 0 Å². The van der Waals surface area contributed by atoms with Crippen LogP contribution in [0.15, 0.2) is 42.6 Å². The minimum absolute atomic E-state index is 0.279. The molecule has 0 N–H and O–H groups in total. The molecule has 0 saturated carbocycles. The molecule has 0 saturated heterocycles. The number of benzene rings is 1. The van der Waals surface area contributed by atoms with Gasteiger partial charge in [-0.3, -0.25) is 4.98 Å². The summed E-state index contributed by atoms with van der Waals surface area (Å²) in [6, 6.07) is 12.8. The standard InChI is InChI=1S/C24H35NO/c1-4-6-8-10-11-20(3)26-24-17-14-21(15-18-24)22-13-16-23(25-19-22)12-9-7-5-2/h13-20H,4-12H2,1-3H3/t20-/m1/s1. The first-order valence-electron chi connectivity index (χ1n) is 10.4. The van der Waals surface area contributed by atoms with E-state index in [1.54, 1.807) is 0 Å². The van der Waals surface area contributed by atoms with E-state index in [0.29, 0.717) is 0 Å². The van der Waals surface area contributed by atoms with Crippen molar-refractivity contribution in [1.82, 2.24) is 4.98 Å². The molecule has 0 radical (unpaired) electrons. The van der Waals surface area contributed by atoms with E-state index in [9.17, 15) is 0 Å². The second-order valence-corrected chi connectivity index (χ2v) is 7.30. The molecule has 0 aliphatic carbocycles. The Morgan fingerprint density at radius 1 is 0.808 bits per heavy atom. The van der Waals surface area contributed by atoms with Gasteiger partial charge in [-0.05, 0) is 56.4 Å². The highest BCUT2D eigenvalue weighted by molar-refractivity contribution is 5.63. The van der Waals surface area contributed by atoms with Crippen LogP contribution in [0.4, 0.5) is 0 Å². The first kappa shape index (κ1) is 20.5. The van der Waals surface area contributed by atoms with Crippen LogP contribution < -0.4 is 4.74 Å². The normalized spacial score (nSPS) is 12.1. The van der Waals surface area contributed by atoms with Crippen LogP contribution in [0.1, 0.15) is 77.8 Å². The Hall–Kier alpha value is -1.83. The summed E-state index contributed by atoms with van der Waals surface area (Å²) in [6.45, 7) is 6.65. The largest absolute Gasteiger partial charge is 0.491 e. The van der Waals surface area contributed by atoms with Crippen LogP contribution >= 0.6 is 0 Å². The maximum atomic E-state index is 6.04. The van der Waals surface area contributed by atoms with Crippen molar-refractivity contribution in [3.63, 3.8) is 0 Å². The lowest BCUT2D eigenvalue weighted by atomic mass is 10.1. The van der Waals surface area contributed by atoms with E-state index in [1.807, 2.05) is 6.20 Å². The summed E-state index contributed by atoms with van der Waals surface area (Å²) in [5.41, 5.74) is 3.56. The monoisotopic (exact) mass is 353 g/mol. The van der Waals surface area contributed by atoms with Crippen LogP contribution in [0.25, 0.3) is 11.1 Å². The van der Waals surface area contributed by atoms with Gasteiger partial charge in [-0.25, -0.2) is 0 Å². The Labute approximate surface area is 160 Å². The molecule has 1 aromatic heterocycles. The van der Waals surface area contributed by atoms with E-state index in [0.717, 1.165) is 18.6 Å². The van der Waals surface area contributed by atoms with Crippen LogP contribution in [0.3, 0.4) is 0 Å². The van der Waals surface area contributed by atoms with Crippen molar-refractivity contribution < 1.29 is 4.74 Å².